The highest BCUT2D eigenvalue weighted by molar-refractivity contribution is 4.86. The molecule has 1 N–H and O–H groups in total. The first kappa shape index (κ1) is 16.9. The molecule has 1 heterocycles. The monoisotopic (exact) mass is 270 g/mol. The van der Waals surface area contributed by atoms with E-state index < -0.39 is 0 Å². The van der Waals surface area contributed by atoms with Crippen LogP contribution in [0.15, 0.2) is 0 Å². The number of ether oxygens (including phenoxy) is 1. The molecule has 0 spiro atoms. The summed E-state index contributed by atoms with van der Waals surface area (Å²) in [5.74, 6) is 0. The Morgan fingerprint density at radius 3 is 2.37 bits per heavy atom. The maximum absolute atomic E-state index is 5.49. The van der Waals surface area contributed by atoms with Gasteiger partial charge in [0, 0.05) is 31.3 Å². The smallest absolute Gasteiger partial charge is 0.0480 e. The quantitative estimate of drug-likeness (QED) is 0.697. The predicted molar refractivity (Wildman–Crippen MR) is 82.7 cm³/mol. The van der Waals surface area contributed by atoms with E-state index >= 15 is 0 Å². The van der Waals surface area contributed by atoms with Crippen LogP contribution in [0.2, 0.25) is 0 Å². The molecule has 0 amide bonds. The average molecular weight is 270 g/mol. The van der Waals surface area contributed by atoms with Gasteiger partial charge in [-0.05, 0) is 45.7 Å². The number of nitrogens with one attached hydrogen (secondary N) is 1. The molecule has 0 bridgehead atoms. The Labute approximate surface area is 120 Å². The van der Waals surface area contributed by atoms with Crippen LogP contribution in [0.5, 0.6) is 0 Å². The zero-order valence-electron chi connectivity index (χ0n) is 13.5. The van der Waals surface area contributed by atoms with E-state index in [1.807, 2.05) is 0 Å². The third-order valence-electron chi connectivity index (χ3n) is 4.43. The van der Waals surface area contributed by atoms with Crippen molar-refractivity contribution in [3.63, 3.8) is 0 Å². The van der Waals surface area contributed by atoms with Crippen molar-refractivity contribution >= 4 is 0 Å². The lowest BCUT2D eigenvalue weighted by molar-refractivity contribution is 0.0200. The summed E-state index contributed by atoms with van der Waals surface area (Å²) in [6.45, 7) is 9.89. The molecule has 0 saturated carbocycles. The van der Waals surface area contributed by atoms with Crippen molar-refractivity contribution in [2.75, 3.05) is 26.8 Å². The number of nitrogens with zero attached hydrogens (tertiary/aromatic N) is 1. The molecular weight excluding hydrogens is 236 g/mol. The van der Waals surface area contributed by atoms with Gasteiger partial charge in [0.25, 0.3) is 0 Å². The summed E-state index contributed by atoms with van der Waals surface area (Å²) in [5, 5.41) is 3.77. The fourth-order valence-corrected chi connectivity index (χ4v) is 3.29. The molecule has 1 fully saturated rings. The van der Waals surface area contributed by atoms with Gasteiger partial charge in [-0.1, -0.05) is 27.2 Å². The maximum atomic E-state index is 5.49. The van der Waals surface area contributed by atoms with Gasteiger partial charge in [0.15, 0.2) is 0 Å². The third-order valence-corrected chi connectivity index (χ3v) is 4.43. The van der Waals surface area contributed by atoms with Crippen molar-refractivity contribution < 1.29 is 4.74 Å². The Hall–Kier alpha value is -0.120. The average Bonchev–Trinajstić information content (AvgIpc) is 2.46. The van der Waals surface area contributed by atoms with Crippen molar-refractivity contribution in [1.82, 2.24) is 10.2 Å². The molecule has 2 atom stereocenters. The molecule has 0 aromatic heterocycles. The summed E-state index contributed by atoms with van der Waals surface area (Å²) < 4.78 is 5.49. The minimum absolute atomic E-state index is 0.641. The van der Waals surface area contributed by atoms with Crippen LogP contribution in [0.3, 0.4) is 0 Å². The first-order chi connectivity index (χ1) is 9.24. The molecular formula is C16H34N2O. The SMILES string of the molecule is CCCNC(CCC)C(CC)N(C)C1CCOCC1. The van der Waals surface area contributed by atoms with E-state index in [1.54, 1.807) is 0 Å². The lowest BCUT2D eigenvalue weighted by atomic mass is 9.96. The molecule has 3 nitrogen and oxygen atoms in total. The van der Waals surface area contributed by atoms with Crippen LogP contribution in [0.1, 0.15) is 59.3 Å². The normalized spacial score (nSPS) is 20.7. The van der Waals surface area contributed by atoms with Gasteiger partial charge in [-0.15, -0.1) is 0 Å². The molecule has 114 valence electrons. The highest BCUT2D eigenvalue weighted by Crippen LogP contribution is 2.20. The second-order valence-electron chi connectivity index (χ2n) is 5.83. The van der Waals surface area contributed by atoms with Gasteiger partial charge in [-0.25, -0.2) is 0 Å². The predicted octanol–water partition coefficient (Wildman–Crippen LogP) is 3.04. The van der Waals surface area contributed by atoms with E-state index in [0.29, 0.717) is 18.1 Å². The number of rotatable bonds is 9. The molecule has 1 aliphatic rings. The molecule has 3 heteroatoms. The highest BCUT2D eigenvalue weighted by Gasteiger charge is 2.28. The van der Waals surface area contributed by atoms with Gasteiger partial charge >= 0.3 is 0 Å². The van der Waals surface area contributed by atoms with Gasteiger partial charge < -0.3 is 10.1 Å². The Morgan fingerprint density at radius 2 is 1.84 bits per heavy atom. The van der Waals surface area contributed by atoms with Crippen LogP contribution in [0.4, 0.5) is 0 Å². The molecule has 2 unspecified atom stereocenters. The standard InChI is InChI=1S/C16H34N2O/c1-5-8-15(17-11-6-2)16(7-3)18(4)14-9-12-19-13-10-14/h14-17H,5-13H2,1-4H3. The van der Waals surface area contributed by atoms with E-state index in [1.165, 1.54) is 38.5 Å². The van der Waals surface area contributed by atoms with E-state index in [9.17, 15) is 0 Å². The Bertz CT molecular complexity index is 215. The van der Waals surface area contributed by atoms with Gasteiger partial charge in [-0.2, -0.15) is 0 Å². The summed E-state index contributed by atoms with van der Waals surface area (Å²) >= 11 is 0. The summed E-state index contributed by atoms with van der Waals surface area (Å²) in [4.78, 5) is 2.63. The van der Waals surface area contributed by atoms with Crippen molar-refractivity contribution in [2.24, 2.45) is 0 Å². The maximum Gasteiger partial charge on any atom is 0.0480 e. The van der Waals surface area contributed by atoms with Crippen LogP contribution < -0.4 is 5.32 Å². The van der Waals surface area contributed by atoms with Gasteiger partial charge in [0.1, 0.15) is 0 Å². The van der Waals surface area contributed by atoms with Crippen LogP contribution >= 0.6 is 0 Å². The summed E-state index contributed by atoms with van der Waals surface area (Å²) in [6, 6.07) is 2.01. The topological polar surface area (TPSA) is 24.5 Å². The Kier molecular flexibility index (Phi) is 8.67. The molecule has 0 aromatic rings. The molecule has 0 radical (unpaired) electrons. The zero-order valence-corrected chi connectivity index (χ0v) is 13.5. The van der Waals surface area contributed by atoms with Crippen LogP contribution in [-0.4, -0.2) is 49.8 Å². The fourth-order valence-electron chi connectivity index (χ4n) is 3.29. The van der Waals surface area contributed by atoms with Crippen molar-refractivity contribution in [1.29, 1.82) is 0 Å². The van der Waals surface area contributed by atoms with E-state index in [4.69, 9.17) is 4.74 Å². The Balaban J connectivity index is 2.59. The summed E-state index contributed by atoms with van der Waals surface area (Å²) in [7, 11) is 2.32. The lowest BCUT2D eigenvalue weighted by Gasteiger charge is -2.41. The second-order valence-corrected chi connectivity index (χ2v) is 5.83. The zero-order chi connectivity index (χ0) is 14.1. The first-order valence-electron chi connectivity index (χ1n) is 8.27. The van der Waals surface area contributed by atoms with Gasteiger partial charge in [0.05, 0.1) is 0 Å². The summed E-state index contributed by atoms with van der Waals surface area (Å²) in [6.07, 6.45) is 7.39. The van der Waals surface area contributed by atoms with Crippen molar-refractivity contribution in [2.45, 2.75) is 77.4 Å². The minimum Gasteiger partial charge on any atom is -0.381 e. The van der Waals surface area contributed by atoms with E-state index in [2.05, 4.69) is 38.0 Å². The number of hydrogen-bond acceptors (Lipinski definition) is 3. The van der Waals surface area contributed by atoms with E-state index in [0.717, 1.165) is 19.8 Å². The van der Waals surface area contributed by atoms with Crippen LogP contribution in [0, 0.1) is 0 Å². The molecule has 1 rings (SSSR count). The van der Waals surface area contributed by atoms with Crippen LogP contribution in [-0.2, 0) is 4.74 Å². The molecule has 1 saturated heterocycles. The Morgan fingerprint density at radius 1 is 1.16 bits per heavy atom. The lowest BCUT2D eigenvalue weighted by Crippen LogP contribution is -2.53. The molecule has 19 heavy (non-hydrogen) atoms. The second kappa shape index (κ2) is 9.73. The van der Waals surface area contributed by atoms with Gasteiger partial charge in [0.2, 0.25) is 0 Å². The third kappa shape index (κ3) is 5.41. The van der Waals surface area contributed by atoms with Crippen LogP contribution in [0.25, 0.3) is 0 Å². The minimum atomic E-state index is 0.641. The summed E-state index contributed by atoms with van der Waals surface area (Å²) in [5.41, 5.74) is 0. The molecule has 1 aliphatic heterocycles. The number of likely N-dealkylation sites (N-methyl/N-ethyl adjacent to an activating group) is 1. The molecule has 0 aliphatic carbocycles. The van der Waals surface area contributed by atoms with Crippen molar-refractivity contribution in [3.05, 3.63) is 0 Å². The number of hydrogen-bond donors (Lipinski definition) is 1. The van der Waals surface area contributed by atoms with Gasteiger partial charge in [-0.3, -0.25) is 4.90 Å². The first-order valence-corrected chi connectivity index (χ1v) is 8.27. The van der Waals surface area contributed by atoms with Crippen molar-refractivity contribution in [3.8, 4) is 0 Å². The highest BCUT2D eigenvalue weighted by atomic mass is 16.5. The fraction of sp³-hybridized carbons (Fsp3) is 1.00. The largest absolute Gasteiger partial charge is 0.381 e. The molecule has 0 aromatic carbocycles. The van der Waals surface area contributed by atoms with E-state index in [-0.39, 0.29) is 0 Å².